The zero-order valence-corrected chi connectivity index (χ0v) is 5.65. The van der Waals surface area contributed by atoms with Gasteiger partial charge in [-0.1, -0.05) is 0 Å². The van der Waals surface area contributed by atoms with Crippen LogP contribution in [-0.4, -0.2) is 15.1 Å². The highest BCUT2D eigenvalue weighted by molar-refractivity contribution is 5.18. The highest BCUT2D eigenvalue weighted by Gasteiger charge is 1.99. The summed E-state index contributed by atoms with van der Waals surface area (Å²) >= 11 is 0. The van der Waals surface area contributed by atoms with Gasteiger partial charge in [-0.05, 0) is 6.92 Å². The van der Waals surface area contributed by atoms with Crippen LogP contribution in [0.3, 0.4) is 0 Å². The van der Waals surface area contributed by atoms with Crippen LogP contribution in [0.5, 0.6) is 0 Å². The van der Waals surface area contributed by atoms with Gasteiger partial charge in [0.1, 0.15) is 0 Å². The Morgan fingerprint density at radius 1 is 1.50 bits per heavy atom. The summed E-state index contributed by atoms with van der Waals surface area (Å²) < 4.78 is 0. The smallest absolute Gasteiger partial charge is 0.219 e. The summed E-state index contributed by atoms with van der Waals surface area (Å²) in [7, 11) is 0. The predicted molar refractivity (Wildman–Crippen MR) is 37.1 cm³/mol. The maximum Gasteiger partial charge on any atom is 0.219 e. The van der Waals surface area contributed by atoms with Gasteiger partial charge in [0.25, 0.3) is 0 Å². The molecular formula is C6H9N3O. The molecule has 1 atom stereocenters. The molecule has 0 amide bonds. The maximum atomic E-state index is 8.99. The fourth-order valence-electron chi connectivity index (χ4n) is 0.564. The van der Waals surface area contributed by atoms with Crippen LogP contribution >= 0.6 is 0 Å². The second kappa shape index (κ2) is 2.62. The second-order valence-corrected chi connectivity index (χ2v) is 2.05. The number of aliphatic hydroxyl groups is 1. The molecule has 1 rings (SSSR count). The van der Waals surface area contributed by atoms with Gasteiger partial charge < -0.3 is 10.8 Å². The number of nitrogen functional groups attached to an aromatic ring is 1. The Balaban J connectivity index is 2.89. The Morgan fingerprint density at radius 3 is 2.40 bits per heavy atom. The zero-order chi connectivity index (χ0) is 7.56. The first-order valence-electron chi connectivity index (χ1n) is 2.95. The molecule has 0 fully saturated rings. The molecule has 1 aromatic rings. The van der Waals surface area contributed by atoms with E-state index in [0.717, 1.165) is 0 Å². The molecule has 0 saturated carbocycles. The minimum absolute atomic E-state index is 0.226. The van der Waals surface area contributed by atoms with Crippen molar-refractivity contribution in [2.45, 2.75) is 13.0 Å². The Hall–Kier alpha value is -1.16. The molecule has 0 aromatic carbocycles. The van der Waals surface area contributed by atoms with Gasteiger partial charge in [-0.2, -0.15) is 0 Å². The summed E-state index contributed by atoms with van der Waals surface area (Å²) in [6.07, 6.45) is 2.49. The lowest BCUT2D eigenvalue weighted by Gasteiger charge is -2.01. The van der Waals surface area contributed by atoms with Crippen molar-refractivity contribution in [1.29, 1.82) is 0 Å². The van der Waals surface area contributed by atoms with E-state index in [2.05, 4.69) is 9.97 Å². The van der Waals surface area contributed by atoms with Gasteiger partial charge in [-0.25, -0.2) is 9.97 Å². The van der Waals surface area contributed by atoms with Gasteiger partial charge >= 0.3 is 0 Å². The monoisotopic (exact) mass is 139 g/mol. The quantitative estimate of drug-likeness (QED) is 0.579. The zero-order valence-electron chi connectivity index (χ0n) is 5.65. The van der Waals surface area contributed by atoms with E-state index in [-0.39, 0.29) is 5.95 Å². The lowest BCUT2D eigenvalue weighted by molar-refractivity contribution is 0.198. The van der Waals surface area contributed by atoms with E-state index in [1.165, 1.54) is 12.4 Å². The summed E-state index contributed by atoms with van der Waals surface area (Å²) in [4.78, 5) is 7.41. The van der Waals surface area contributed by atoms with Gasteiger partial charge in [-0.3, -0.25) is 0 Å². The molecule has 3 N–H and O–H groups in total. The highest BCUT2D eigenvalue weighted by atomic mass is 16.3. The first-order chi connectivity index (χ1) is 4.70. The maximum absolute atomic E-state index is 8.99. The molecule has 0 aliphatic carbocycles. The number of anilines is 1. The third-order valence-corrected chi connectivity index (χ3v) is 1.17. The molecule has 4 heteroatoms. The van der Waals surface area contributed by atoms with E-state index in [1.807, 2.05) is 0 Å². The summed E-state index contributed by atoms with van der Waals surface area (Å²) in [6.45, 7) is 1.65. The Kier molecular flexibility index (Phi) is 1.82. The molecule has 0 unspecified atom stereocenters. The van der Waals surface area contributed by atoms with Crippen LogP contribution in [-0.2, 0) is 0 Å². The third kappa shape index (κ3) is 1.41. The molecule has 0 spiro atoms. The third-order valence-electron chi connectivity index (χ3n) is 1.17. The van der Waals surface area contributed by atoms with Crippen molar-refractivity contribution in [2.24, 2.45) is 0 Å². The van der Waals surface area contributed by atoms with Crippen LogP contribution in [0.4, 0.5) is 5.95 Å². The van der Waals surface area contributed by atoms with E-state index in [0.29, 0.717) is 5.56 Å². The van der Waals surface area contributed by atoms with Crippen LogP contribution in [0.1, 0.15) is 18.6 Å². The van der Waals surface area contributed by atoms with Crippen molar-refractivity contribution < 1.29 is 5.11 Å². The molecule has 1 aromatic heterocycles. The number of hydrogen-bond donors (Lipinski definition) is 2. The van der Waals surface area contributed by atoms with Crippen molar-refractivity contribution in [3.63, 3.8) is 0 Å². The molecule has 1 heterocycles. The topological polar surface area (TPSA) is 72.0 Å². The van der Waals surface area contributed by atoms with Crippen LogP contribution < -0.4 is 5.73 Å². The minimum Gasteiger partial charge on any atom is -0.389 e. The second-order valence-electron chi connectivity index (χ2n) is 2.05. The number of aliphatic hydroxyl groups excluding tert-OH is 1. The average molecular weight is 139 g/mol. The first-order valence-corrected chi connectivity index (χ1v) is 2.95. The standard InChI is InChI=1S/C6H9N3O/c1-4(10)5-2-8-6(7)9-3-5/h2-4,10H,1H3,(H2,7,8,9)/t4-/m1/s1. The van der Waals surface area contributed by atoms with E-state index < -0.39 is 6.10 Å². The van der Waals surface area contributed by atoms with Crippen LogP contribution in [0, 0.1) is 0 Å². The van der Waals surface area contributed by atoms with Crippen LogP contribution in [0.15, 0.2) is 12.4 Å². The summed E-state index contributed by atoms with van der Waals surface area (Å²) in [5, 5.41) is 8.99. The average Bonchev–Trinajstić information content (AvgIpc) is 1.88. The molecule has 0 aliphatic rings. The van der Waals surface area contributed by atoms with Crippen molar-refractivity contribution in [1.82, 2.24) is 9.97 Å². The number of hydrogen-bond acceptors (Lipinski definition) is 4. The van der Waals surface area contributed by atoms with E-state index in [9.17, 15) is 0 Å². The highest BCUT2D eigenvalue weighted by Crippen LogP contribution is 2.07. The lowest BCUT2D eigenvalue weighted by Crippen LogP contribution is -1.97. The van der Waals surface area contributed by atoms with E-state index >= 15 is 0 Å². The number of rotatable bonds is 1. The number of aromatic nitrogens is 2. The van der Waals surface area contributed by atoms with E-state index in [4.69, 9.17) is 10.8 Å². The predicted octanol–water partition coefficient (Wildman–Crippen LogP) is 0.112. The van der Waals surface area contributed by atoms with Gasteiger partial charge in [0.15, 0.2) is 0 Å². The molecule has 54 valence electrons. The van der Waals surface area contributed by atoms with Crippen LogP contribution in [0.25, 0.3) is 0 Å². The molecule has 0 saturated heterocycles. The Labute approximate surface area is 58.7 Å². The van der Waals surface area contributed by atoms with Gasteiger partial charge in [-0.15, -0.1) is 0 Å². The molecule has 0 aliphatic heterocycles. The minimum atomic E-state index is -0.527. The Morgan fingerprint density at radius 2 is 2.00 bits per heavy atom. The largest absolute Gasteiger partial charge is 0.389 e. The fourth-order valence-corrected chi connectivity index (χ4v) is 0.564. The van der Waals surface area contributed by atoms with Crippen molar-refractivity contribution in [3.8, 4) is 0 Å². The molecule has 4 nitrogen and oxygen atoms in total. The van der Waals surface area contributed by atoms with Gasteiger partial charge in [0.05, 0.1) is 6.10 Å². The van der Waals surface area contributed by atoms with Gasteiger partial charge in [0.2, 0.25) is 5.95 Å². The Bertz CT molecular complexity index is 207. The van der Waals surface area contributed by atoms with Crippen molar-refractivity contribution in [3.05, 3.63) is 18.0 Å². The molecule has 0 radical (unpaired) electrons. The molecule has 10 heavy (non-hydrogen) atoms. The summed E-state index contributed by atoms with van der Waals surface area (Å²) in [6, 6.07) is 0. The SMILES string of the molecule is C[C@@H](O)c1cnc(N)nc1. The normalized spacial score (nSPS) is 13.0. The van der Waals surface area contributed by atoms with Crippen LogP contribution in [0.2, 0.25) is 0 Å². The number of nitrogens with two attached hydrogens (primary N) is 1. The summed E-state index contributed by atoms with van der Waals surface area (Å²) in [5.41, 5.74) is 5.90. The van der Waals surface area contributed by atoms with E-state index in [1.54, 1.807) is 6.92 Å². The van der Waals surface area contributed by atoms with Crippen molar-refractivity contribution >= 4 is 5.95 Å². The van der Waals surface area contributed by atoms with Crippen molar-refractivity contribution in [2.75, 3.05) is 5.73 Å². The molecular weight excluding hydrogens is 130 g/mol. The van der Waals surface area contributed by atoms with Gasteiger partial charge in [0, 0.05) is 18.0 Å². The fraction of sp³-hybridized carbons (Fsp3) is 0.333. The first kappa shape index (κ1) is 6.95. The molecule has 0 bridgehead atoms. The lowest BCUT2D eigenvalue weighted by atomic mass is 10.2. The number of nitrogens with zero attached hydrogens (tertiary/aromatic N) is 2. The summed E-state index contributed by atoms with van der Waals surface area (Å²) in [5.74, 6) is 0.226.